The maximum atomic E-state index is 13.3. The third-order valence-electron chi connectivity index (χ3n) is 8.73. The molecule has 2 aliphatic heterocycles. The smallest absolute Gasteiger partial charge is 0.343 e. The number of rotatable bonds is 11. The van der Waals surface area contributed by atoms with E-state index >= 15 is 0 Å². The molecule has 198 valence electrons. The Morgan fingerprint density at radius 3 is 2.53 bits per heavy atom. The molecule has 4 unspecified atom stereocenters. The Labute approximate surface area is 212 Å². The van der Waals surface area contributed by atoms with Crippen molar-refractivity contribution in [1.82, 2.24) is 0 Å². The van der Waals surface area contributed by atoms with Crippen LogP contribution in [0.1, 0.15) is 79.1 Å². The third-order valence-corrected chi connectivity index (χ3v) is 8.73. The minimum absolute atomic E-state index is 0.0509. The zero-order chi connectivity index (χ0) is 26.4. The lowest BCUT2D eigenvalue weighted by Gasteiger charge is -2.47. The van der Waals surface area contributed by atoms with Gasteiger partial charge in [-0.1, -0.05) is 59.0 Å². The summed E-state index contributed by atoms with van der Waals surface area (Å²) in [6, 6.07) is 0. The van der Waals surface area contributed by atoms with Crippen molar-refractivity contribution in [3.05, 3.63) is 22.8 Å². The van der Waals surface area contributed by atoms with Crippen LogP contribution in [0.25, 0.3) is 0 Å². The second kappa shape index (κ2) is 9.86. The van der Waals surface area contributed by atoms with Gasteiger partial charge >= 0.3 is 17.9 Å². The number of unbranched alkanes of at least 4 members (excludes halogenated alkanes) is 3. The lowest BCUT2D eigenvalue weighted by molar-refractivity contribution is -0.219. The van der Waals surface area contributed by atoms with Crippen LogP contribution >= 0.6 is 0 Å². The van der Waals surface area contributed by atoms with Gasteiger partial charge in [0.1, 0.15) is 6.10 Å². The Balaban J connectivity index is 1.90. The van der Waals surface area contributed by atoms with Gasteiger partial charge in [0.25, 0.3) is 0 Å². The van der Waals surface area contributed by atoms with Crippen molar-refractivity contribution >= 4 is 23.7 Å². The monoisotopic (exact) mass is 502 g/mol. The van der Waals surface area contributed by atoms with Gasteiger partial charge in [0, 0.05) is 24.5 Å². The summed E-state index contributed by atoms with van der Waals surface area (Å²) in [5.41, 5.74) is -0.464. The molecule has 2 aliphatic carbocycles. The fourth-order valence-corrected chi connectivity index (χ4v) is 6.82. The number of aliphatic hydroxyl groups is 1. The van der Waals surface area contributed by atoms with E-state index in [0.717, 1.165) is 32.1 Å². The van der Waals surface area contributed by atoms with E-state index in [9.17, 15) is 24.3 Å². The first-order chi connectivity index (χ1) is 17.1. The minimum Gasteiger partial charge on any atom is -0.428 e. The Bertz CT molecular complexity index is 1020. The van der Waals surface area contributed by atoms with E-state index in [4.69, 9.17) is 14.2 Å². The van der Waals surface area contributed by atoms with Gasteiger partial charge < -0.3 is 19.3 Å². The van der Waals surface area contributed by atoms with Crippen molar-refractivity contribution in [3.8, 4) is 0 Å². The molecule has 0 radical (unpaired) electrons. The summed E-state index contributed by atoms with van der Waals surface area (Å²) < 4.78 is 16.9. The highest BCUT2D eigenvalue weighted by Gasteiger charge is 2.71. The summed E-state index contributed by atoms with van der Waals surface area (Å²) in [5, 5.41) is 11.5. The summed E-state index contributed by atoms with van der Waals surface area (Å²) >= 11 is 0. The largest absolute Gasteiger partial charge is 0.428 e. The average molecular weight is 503 g/mol. The van der Waals surface area contributed by atoms with Gasteiger partial charge in [0.15, 0.2) is 5.78 Å². The summed E-state index contributed by atoms with van der Waals surface area (Å²) in [5.74, 6) is -6.23. The molecule has 4 bridgehead atoms. The fraction of sp³-hybridized carbons (Fsp3) is 0.714. The zero-order valence-corrected chi connectivity index (χ0v) is 21.9. The SMILES string of the molecule is CCCCCCC1C([C@@H](O)C(=O)[C@H](C)CCC)C=C2C3(OC)OC(=O)[C@]2(C)CC2=C(C(=O)OC2=O)C13. The molecule has 0 saturated carbocycles. The molecule has 8 nitrogen and oxygen atoms in total. The molecule has 0 aromatic rings. The van der Waals surface area contributed by atoms with Crippen molar-refractivity contribution < 1.29 is 38.5 Å². The van der Waals surface area contributed by atoms with Gasteiger partial charge in [-0.15, -0.1) is 0 Å². The van der Waals surface area contributed by atoms with Crippen LogP contribution in [0.15, 0.2) is 22.8 Å². The number of esters is 3. The number of aliphatic hydroxyl groups excluding tert-OH is 1. The standard InChI is InChI=1S/C28H38O8/c1-6-8-9-10-12-16-17(23(30)22(29)15(3)11-7-2)13-19-27(4)14-18-20(25(32)35-24(18)31)21(16)28(19,34-5)36-26(27)33/h13,15-17,21,23,30H,6-12,14H2,1-5H3/t15-,16?,17?,21?,23-,27-,28?/m1/s1. The van der Waals surface area contributed by atoms with Crippen LogP contribution in [-0.2, 0) is 33.4 Å². The van der Waals surface area contributed by atoms with Gasteiger partial charge in [-0.2, -0.15) is 0 Å². The molecule has 1 N–H and O–H groups in total. The number of ketones is 1. The van der Waals surface area contributed by atoms with Crippen molar-refractivity contribution in [2.45, 2.75) is 91.0 Å². The van der Waals surface area contributed by atoms with Gasteiger partial charge in [-0.3, -0.25) is 9.59 Å². The second-order valence-corrected chi connectivity index (χ2v) is 11.0. The molecule has 8 heteroatoms. The Kier molecular flexibility index (Phi) is 7.32. The number of Topliss-reactive ketones (excluding diaryl/α,β-unsaturated/α-hetero) is 1. The molecular formula is C28H38O8. The Morgan fingerprint density at radius 1 is 1.17 bits per heavy atom. The fourth-order valence-electron chi connectivity index (χ4n) is 6.82. The van der Waals surface area contributed by atoms with Crippen LogP contribution in [0.3, 0.4) is 0 Å². The first kappa shape index (κ1) is 26.7. The second-order valence-electron chi connectivity index (χ2n) is 11.0. The lowest BCUT2D eigenvalue weighted by Crippen LogP contribution is -2.54. The van der Waals surface area contributed by atoms with Crippen LogP contribution in [0.2, 0.25) is 0 Å². The van der Waals surface area contributed by atoms with Crippen molar-refractivity contribution in [1.29, 1.82) is 0 Å². The van der Waals surface area contributed by atoms with Crippen LogP contribution < -0.4 is 0 Å². The number of cyclic esters (lactones) is 2. The molecule has 1 saturated heterocycles. The first-order valence-electron chi connectivity index (χ1n) is 13.3. The van der Waals surface area contributed by atoms with Gasteiger partial charge in [-0.05, 0) is 32.1 Å². The minimum atomic E-state index is -1.59. The number of fused-ring (bicyclic) bond motifs is 1. The van der Waals surface area contributed by atoms with Gasteiger partial charge in [0.05, 0.1) is 22.5 Å². The molecular weight excluding hydrogens is 464 g/mol. The number of carbonyl (C=O) groups is 4. The van der Waals surface area contributed by atoms with E-state index in [-0.39, 0.29) is 29.3 Å². The average Bonchev–Trinajstić information content (AvgIpc) is 3.21. The molecule has 4 rings (SSSR count). The first-order valence-corrected chi connectivity index (χ1v) is 13.3. The topological polar surface area (TPSA) is 116 Å². The van der Waals surface area contributed by atoms with E-state index in [1.807, 2.05) is 13.8 Å². The van der Waals surface area contributed by atoms with Gasteiger partial charge in [0.2, 0.25) is 5.79 Å². The zero-order valence-electron chi connectivity index (χ0n) is 21.9. The molecule has 0 aromatic carbocycles. The van der Waals surface area contributed by atoms with E-state index in [1.165, 1.54) is 7.11 Å². The van der Waals surface area contributed by atoms with Crippen LogP contribution in [-0.4, -0.2) is 47.8 Å². The van der Waals surface area contributed by atoms with Crippen LogP contribution in [0.5, 0.6) is 0 Å². The molecule has 0 aromatic heterocycles. The molecule has 0 spiro atoms. The maximum Gasteiger partial charge on any atom is 0.343 e. The summed E-state index contributed by atoms with van der Waals surface area (Å²) in [7, 11) is 1.42. The van der Waals surface area contributed by atoms with E-state index in [2.05, 4.69) is 6.92 Å². The normalized spacial score (nSPS) is 34.6. The highest BCUT2D eigenvalue weighted by Crippen LogP contribution is 2.64. The number of hydrogen-bond acceptors (Lipinski definition) is 8. The number of hydrogen-bond donors (Lipinski definition) is 1. The van der Waals surface area contributed by atoms with E-state index in [1.54, 1.807) is 13.0 Å². The molecule has 36 heavy (non-hydrogen) atoms. The third kappa shape index (κ3) is 3.88. The number of carbonyl (C=O) groups excluding carboxylic acids is 4. The molecule has 0 amide bonds. The molecule has 7 atom stereocenters. The lowest BCUT2D eigenvalue weighted by atomic mass is 9.61. The van der Waals surface area contributed by atoms with E-state index < -0.39 is 53.0 Å². The van der Waals surface area contributed by atoms with Crippen molar-refractivity contribution in [2.24, 2.45) is 29.1 Å². The highest BCUT2D eigenvalue weighted by molar-refractivity contribution is 6.14. The van der Waals surface area contributed by atoms with Crippen LogP contribution in [0, 0.1) is 29.1 Å². The maximum absolute atomic E-state index is 13.3. The van der Waals surface area contributed by atoms with Crippen molar-refractivity contribution in [3.63, 3.8) is 0 Å². The highest BCUT2D eigenvalue weighted by atomic mass is 16.7. The summed E-state index contributed by atoms with van der Waals surface area (Å²) in [6.45, 7) is 7.58. The molecule has 2 heterocycles. The van der Waals surface area contributed by atoms with Crippen molar-refractivity contribution in [2.75, 3.05) is 7.11 Å². The summed E-state index contributed by atoms with van der Waals surface area (Å²) in [6.07, 6.45) is 6.22. The summed E-state index contributed by atoms with van der Waals surface area (Å²) in [4.78, 5) is 52.4. The number of ether oxygens (including phenoxy) is 3. The Hall–Kier alpha value is -2.32. The quantitative estimate of drug-likeness (QED) is 0.196. The number of methoxy groups -OCH3 is 1. The predicted molar refractivity (Wildman–Crippen MR) is 129 cm³/mol. The molecule has 4 aliphatic rings. The van der Waals surface area contributed by atoms with Crippen LogP contribution in [0.4, 0.5) is 0 Å². The Morgan fingerprint density at radius 2 is 1.89 bits per heavy atom. The molecule has 1 fully saturated rings. The van der Waals surface area contributed by atoms with Gasteiger partial charge in [-0.25, -0.2) is 9.59 Å². The van der Waals surface area contributed by atoms with E-state index in [0.29, 0.717) is 18.4 Å². The predicted octanol–water partition coefficient (Wildman–Crippen LogP) is 3.80.